The van der Waals surface area contributed by atoms with Crippen LogP contribution in [0.15, 0.2) is 121 Å². The van der Waals surface area contributed by atoms with Crippen molar-refractivity contribution in [2.24, 2.45) is 0 Å². The van der Waals surface area contributed by atoms with E-state index in [1.54, 1.807) is 0 Å². The van der Waals surface area contributed by atoms with Crippen LogP contribution in [0.2, 0.25) is 0 Å². The second-order valence-electron chi connectivity index (χ2n) is 15.1. The molecule has 0 N–H and O–H groups in total. The molecule has 7 heteroatoms. The summed E-state index contributed by atoms with van der Waals surface area (Å²) >= 11 is 0. The van der Waals surface area contributed by atoms with Gasteiger partial charge in [0.15, 0.2) is 0 Å². The normalized spacial score (nSPS) is 15.2. The van der Waals surface area contributed by atoms with E-state index < -0.39 is 0 Å². The van der Waals surface area contributed by atoms with Crippen LogP contribution in [-0.4, -0.2) is 30.8 Å². The number of fused-ring (bicyclic) bond motifs is 5. The minimum atomic E-state index is 0. The minimum Gasteiger partial charge on any atom is -0.498 e. The number of benzene rings is 3. The third kappa shape index (κ3) is 9.82. The Balaban J connectivity index is 0.000000192. The number of hydrogen-bond donors (Lipinski definition) is 0. The van der Waals surface area contributed by atoms with Crippen LogP contribution in [0.5, 0.6) is 0 Å². The molecule has 0 amide bonds. The van der Waals surface area contributed by atoms with Gasteiger partial charge in [-0.25, -0.2) is 0 Å². The fourth-order valence-electron chi connectivity index (χ4n) is 6.31. The molecule has 0 spiro atoms. The maximum absolute atomic E-state index is 4.97. The average molecular weight is 715 g/mol. The molecule has 0 saturated heterocycles. The SMILES string of the molecule is CC(C)(C)N1Cc2cccc(n2)CN(C(C)(C)C)Cc2cccc(n2)C1.[Cu+2].c1ccc(CN2[CH-]N(Cc3ccccc3)c3ccccc32)cc1. The first-order chi connectivity index (χ1) is 23.5. The van der Waals surface area contributed by atoms with Crippen LogP contribution < -0.4 is 9.80 Å². The monoisotopic (exact) mass is 714 g/mol. The van der Waals surface area contributed by atoms with E-state index in [0.717, 1.165) is 62.0 Å². The second-order valence-corrected chi connectivity index (χ2v) is 15.1. The molecule has 2 aliphatic heterocycles. The number of aromatic nitrogens is 2. The molecule has 3 aromatic carbocycles. The summed E-state index contributed by atoms with van der Waals surface area (Å²) in [5, 5.41) is 0. The van der Waals surface area contributed by atoms with Gasteiger partial charge in [0.25, 0.3) is 0 Å². The molecule has 1 radical (unpaired) electrons. The summed E-state index contributed by atoms with van der Waals surface area (Å²) in [6.45, 7) is 20.9. The molecule has 2 aliphatic rings. The van der Waals surface area contributed by atoms with Crippen molar-refractivity contribution in [3.8, 4) is 0 Å². The van der Waals surface area contributed by atoms with Crippen molar-refractivity contribution >= 4 is 11.4 Å². The Labute approximate surface area is 310 Å². The number of hydrogen-bond acceptors (Lipinski definition) is 6. The van der Waals surface area contributed by atoms with Crippen LogP contribution in [0.3, 0.4) is 0 Å². The molecular formula is C43H51CuN6+. The van der Waals surface area contributed by atoms with Gasteiger partial charge in [-0.1, -0.05) is 84.9 Å². The number of rotatable bonds is 4. The van der Waals surface area contributed by atoms with Gasteiger partial charge >= 0.3 is 17.1 Å². The van der Waals surface area contributed by atoms with Crippen LogP contribution in [0, 0.1) is 6.67 Å². The summed E-state index contributed by atoms with van der Waals surface area (Å²) in [7, 11) is 0. The van der Waals surface area contributed by atoms with Crippen LogP contribution >= 0.6 is 0 Å². The standard InChI is InChI=1S/C22H32N4.C21H19N2.Cu/c1-21(2,3)25-13-17-9-7-11-19(23-17)15-26(22(4,5)6)16-20-12-8-10-18(14-25)24-20;1-3-9-18(10-4-1)15-22-17-23(16-19-11-5-2-6-12-19)21-14-8-7-13-20(21)22;/h7-12H,13-16H2,1-6H3;1-14,17H,15-16H2;/q;-1;+2. The Morgan fingerprint density at radius 1 is 0.460 bits per heavy atom. The molecule has 4 heterocycles. The van der Waals surface area contributed by atoms with Crippen molar-refractivity contribution in [2.45, 2.75) is 91.9 Å². The first-order valence-corrected chi connectivity index (χ1v) is 17.5. The number of nitrogens with zero attached hydrogens (tertiary/aromatic N) is 6. The van der Waals surface area contributed by atoms with Gasteiger partial charge in [0, 0.05) is 61.7 Å². The van der Waals surface area contributed by atoms with Gasteiger partial charge in [0.2, 0.25) is 0 Å². The maximum Gasteiger partial charge on any atom is 2.00 e. The quantitative estimate of drug-likeness (QED) is 0.137. The van der Waals surface area contributed by atoms with Crippen LogP contribution in [0.4, 0.5) is 11.4 Å². The van der Waals surface area contributed by atoms with Gasteiger partial charge in [0.1, 0.15) is 0 Å². The van der Waals surface area contributed by atoms with E-state index in [9.17, 15) is 0 Å². The molecular weight excluding hydrogens is 664 g/mol. The fourth-order valence-corrected chi connectivity index (χ4v) is 6.31. The first kappa shape index (κ1) is 37.3. The molecule has 5 aromatic rings. The van der Waals surface area contributed by atoms with Gasteiger partial charge in [-0.2, -0.15) is 6.67 Å². The van der Waals surface area contributed by atoms with Gasteiger partial charge in [-0.15, -0.1) is 0 Å². The van der Waals surface area contributed by atoms with Crippen molar-refractivity contribution in [3.63, 3.8) is 0 Å². The topological polar surface area (TPSA) is 38.7 Å². The van der Waals surface area contributed by atoms with Crippen molar-refractivity contribution in [2.75, 3.05) is 9.80 Å². The fraction of sp³-hybridized carbons (Fsp3) is 0.326. The van der Waals surface area contributed by atoms with Crippen LogP contribution in [0.25, 0.3) is 0 Å². The Morgan fingerprint density at radius 3 is 1.10 bits per heavy atom. The molecule has 0 fully saturated rings. The summed E-state index contributed by atoms with van der Waals surface area (Å²) in [5.41, 5.74) is 9.80. The Hall–Kier alpha value is -4.00. The average Bonchev–Trinajstić information content (AvgIpc) is 3.41. The predicted octanol–water partition coefficient (Wildman–Crippen LogP) is 9.22. The van der Waals surface area contributed by atoms with E-state index in [0.29, 0.717) is 0 Å². The van der Waals surface area contributed by atoms with E-state index >= 15 is 0 Å². The first-order valence-electron chi connectivity index (χ1n) is 17.5. The van der Waals surface area contributed by atoms with Gasteiger partial charge in [-0.3, -0.25) is 19.8 Å². The van der Waals surface area contributed by atoms with E-state index in [4.69, 9.17) is 9.97 Å². The molecule has 0 saturated carbocycles. The van der Waals surface area contributed by atoms with Gasteiger partial charge in [-0.05, 0) is 89.1 Å². The number of para-hydroxylation sites is 2. The Morgan fingerprint density at radius 2 is 0.780 bits per heavy atom. The molecule has 2 aromatic heterocycles. The molecule has 6 nitrogen and oxygen atoms in total. The summed E-state index contributed by atoms with van der Waals surface area (Å²) in [6, 6.07) is 42.7. The summed E-state index contributed by atoms with van der Waals surface area (Å²) in [6.07, 6.45) is 0. The zero-order chi connectivity index (χ0) is 34.4. The van der Waals surface area contributed by atoms with E-state index in [2.05, 4.69) is 189 Å². The number of pyridine rings is 2. The van der Waals surface area contributed by atoms with Crippen LogP contribution in [0.1, 0.15) is 75.4 Å². The Kier molecular flexibility index (Phi) is 12.2. The predicted molar refractivity (Wildman–Crippen MR) is 202 cm³/mol. The molecule has 50 heavy (non-hydrogen) atoms. The van der Waals surface area contributed by atoms with Crippen molar-refractivity contribution in [1.29, 1.82) is 0 Å². The zero-order valence-electron chi connectivity index (χ0n) is 30.4. The molecule has 7 rings (SSSR count). The third-order valence-electron chi connectivity index (χ3n) is 9.21. The Bertz CT molecular complexity index is 1620. The minimum absolute atomic E-state index is 0. The molecule has 0 aliphatic carbocycles. The van der Waals surface area contributed by atoms with E-state index in [1.165, 1.54) is 22.5 Å². The molecule has 263 valence electrons. The van der Waals surface area contributed by atoms with Gasteiger partial charge in [0.05, 0.1) is 22.8 Å². The van der Waals surface area contributed by atoms with E-state index in [-0.39, 0.29) is 28.1 Å². The van der Waals surface area contributed by atoms with Crippen molar-refractivity contribution < 1.29 is 17.1 Å². The van der Waals surface area contributed by atoms with Crippen molar-refractivity contribution in [1.82, 2.24) is 19.8 Å². The number of anilines is 2. The summed E-state index contributed by atoms with van der Waals surface area (Å²) in [5.74, 6) is 0. The maximum atomic E-state index is 4.97. The largest absolute Gasteiger partial charge is 2.00 e. The van der Waals surface area contributed by atoms with E-state index in [1.807, 2.05) is 0 Å². The van der Waals surface area contributed by atoms with Crippen molar-refractivity contribution in [3.05, 3.63) is 162 Å². The zero-order valence-corrected chi connectivity index (χ0v) is 31.3. The molecule has 4 bridgehead atoms. The smallest absolute Gasteiger partial charge is 0.498 e. The van der Waals surface area contributed by atoms with Crippen LogP contribution in [-0.2, 0) is 56.3 Å². The summed E-state index contributed by atoms with van der Waals surface area (Å²) in [4.78, 5) is 19.5. The molecule has 0 atom stereocenters. The third-order valence-corrected chi connectivity index (χ3v) is 9.21. The molecule has 0 unspecified atom stereocenters. The summed E-state index contributed by atoms with van der Waals surface area (Å²) < 4.78 is 0. The van der Waals surface area contributed by atoms with Gasteiger partial charge < -0.3 is 9.80 Å². The second kappa shape index (κ2) is 16.3.